The number of nitrogens with zero attached hydrogens (tertiary/aromatic N) is 4. The van der Waals surface area contributed by atoms with Crippen molar-refractivity contribution in [2.75, 3.05) is 0 Å². The number of rotatable bonds is 5. The number of hydrogen-bond acceptors (Lipinski definition) is 6. The number of benzene rings is 2. The molecule has 2 heterocycles. The lowest BCUT2D eigenvalue weighted by molar-refractivity contribution is 0.0703. The lowest BCUT2D eigenvalue weighted by Gasteiger charge is -2.06. The summed E-state index contributed by atoms with van der Waals surface area (Å²) >= 11 is 1.17. The summed E-state index contributed by atoms with van der Waals surface area (Å²) in [6.45, 7) is 1.92. The molecule has 0 aliphatic rings. The lowest BCUT2D eigenvalue weighted by Crippen LogP contribution is -1.95. The largest absolute Gasteiger partial charge is 0.477 e. The van der Waals surface area contributed by atoms with Gasteiger partial charge in [-0.15, -0.1) is 21.5 Å². The van der Waals surface area contributed by atoms with E-state index in [1.165, 1.54) is 11.3 Å². The highest BCUT2D eigenvalue weighted by molar-refractivity contribution is 7.14. The Balaban J connectivity index is 1.70. The van der Waals surface area contributed by atoms with Gasteiger partial charge in [-0.3, -0.25) is 0 Å². The van der Waals surface area contributed by atoms with Crippen molar-refractivity contribution in [3.63, 3.8) is 0 Å². The summed E-state index contributed by atoms with van der Waals surface area (Å²) in [5, 5.41) is 33.1. The van der Waals surface area contributed by atoms with Crippen molar-refractivity contribution < 1.29 is 9.90 Å². The van der Waals surface area contributed by atoms with Crippen LogP contribution in [-0.2, 0) is 6.42 Å². The number of carboxylic acids is 1. The van der Waals surface area contributed by atoms with E-state index in [0.29, 0.717) is 23.4 Å². The normalized spacial score (nSPS) is 10.6. The minimum Gasteiger partial charge on any atom is -0.477 e. The van der Waals surface area contributed by atoms with Gasteiger partial charge in [0.25, 0.3) is 0 Å². The number of hydrogen-bond donors (Lipinski definition) is 2. The molecule has 2 N–H and O–H groups in total. The summed E-state index contributed by atoms with van der Waals surface area (Å²) in [4.78, 5) is 12.7. The van der Waals surface area contributed by atoms with Gasteiger partial charge in [0.2, 0.25) is 5.82 Å². The quantitative estimate of drug-likeness (QED) is 0.512. The highest BCUT2D eigenvalue weighted by atomic mass is 32.1. The Kier molecular flexibility index (Phi) is 4.89. The van der Waals surface area contributed by atoms with Crippen molar-refractivity contribution in [2.45, 2.75) is 13.3 Å². The number of tetrazole rings is 1. The summed E-state index contributed by atoms with van der Waals surface area (Å²) in [5.74, 6) is -0.483. The Morgan fingerprint density at radius 3 is 2.14 bits per heavy atom. The molecule has 0 aliphatic carbocycles. The molecule has 0 radical (unpaired) electrons. The van der Waals surface area contributed by atoms with Gasteiger partial charge in [-0.1, -0.05) is 55.5 Å². The molecule has 0 spiro atoms. The first-order chi connectivity index (χ1) is 14.1. The van der Waals surface area contributed by atoms with Crippen LogP contribution in [0.4, 0.5) is 0 Å². The van der Waals surface area contributed by atoms with E-state index < -0.39 is 5.97 Å². The van der Waals surface area contributed by atoms with E-state index in [0.717, 1.165) is 27.1 Å². The van der Waals surface area contributed by atoms with Crippen LogP contribution in [0.2, 0.25) is 0 Å². The highest BCUT2D eigenvalue weighted by Gasteiger charge is 2.23. The van der Waals surface area contributed by atoms with Crippen LogP contribution in [-0.4, -0.2) is 31.7 Å². The Hall–Kier alpha value is -3.83. The van der Waals surface area contributed by atoms with Crippen LogP contribution >= 0.6 is 11.3 Å². The van der Waals surface area contributed by atoms with Crippen molar-refractivity contribution in [2.24, 2.45) is 0 Å². The number of carbonyl (C=O) groups is 1. The van der Waals surface area contributed by atoms with E-state index in [9.17, 15) is 15.2 Å². The Morgan fingerprint density at radius 2 is 1.66 bits per heavy atom. The Morgan fingerprint density at radius 1 is 1.07 bits per heavy atom. The third-order valence-corrected chi connectivity index (χ3v) is 5.93. The van der Waals surface area contributed by atoms with Crippen molar-refractivity contribution in [1.82, 2.24) is 20.6 Å². The maximum absolute atomic E-state index is 11.7. The monoisotopic (exact) mass is 401 g/mol. The van der Waals surface area contributed by atoms with E-state index in [-0.39, 0.29) is 4.88 Å². The van der Waals surface area contributed by atoms with Gasteiger partial charge in [0.1, 0.15) is 10.9 Å². The number of nitrogens with one attached hydrogen (secondary N) is 1. The van der Waals surface area contributed by atoms with E-state index >= 15 is 0 Å². The average molecular weight is 401 g/mol. The number of carboxylic acid groups (broad SMARTS) is 1. The van der Waals surface area contributed by atoms with Gasteiger partial charge in [-0.05, 0) is 28.3 Å². The van der Waals surface area contributed by atoms with E-state index in [1.54, 1.807) is 0 Å². The van der Waals surface area contributed by atoms with Crippen LogP contribution in [0.5, 0.6) is 0 Å². The first-order valence-corrected chi connectivity index (χ1v) is 9.67. The molecule has 142 valence electrons. The number of aromatic carboxylic acids is 1. The second-order valence-electron chi connectivity index (χ2n) is 6.26. The second-order valence-corrected chi connectivity index (χ2v) is 7.37. The van der Waals surface area contributed by atoms with Crippen molar-refractivity contribution >= 4 is 17.3 Å². The molecule has 4 aromatic rings. The minimum atomic E-state index is -1.01. The fraction of sp³-hybridized carbons (Fsp3) is 0.0952. The molecule has 4 rings (SSSR count). The number of thiophene rings is 1. The van der Waals surface area contributed by atoms with Gasteiger partial charge < -0.3 is 5.11 Å². The zero-order valence-electron chi connectivity index (χ0n) is 15.4. The fourth-order valence-corrected chi connectivity index (χ4v) is 4.25. The minimum absolute atomic E-state index is 0.204. The highest BCUT2D eigenvalue weighted by Crippen LogP contribution is 2.37. The summed E-state index contributed by atoms with van der Waals surface area (Å²) in [7, 11) is 0. The SMILES string of the molecule is CCc1sc(C(=O)O)c(-c2ccc(-c3ccc(-c4nn[nH]n4)cc3)cc2)c1C#N. The zero-order valence-corrected chi connectivity index (χ0v) is 16.2. The molecule has 0 saturated heterocycles. The van der Waals surface area contributed by atoms with Crippen LogP contribution in [0.3, 0.4) is 0 Å². The molecule has 29 heavy (non-hydrogen) atoms. The third-order valence-electron chi connectivity index (χ3n) is 4.60. The molecule has 7 nitrogen and oxygen atoms in total. The maximum Gasteiger partial charge on any atom is 0.346 e. The van der Waals surface area contributed by atoms with Crippen LogP contribution in [0, 0.1) is 11.3 Å². The molecule has 0 bridgehead atoms. The number of H-pyrrole nitrogens is 1. The predicted octanol–water partition coefficient (Wildman–Crippen LogP) is 4.39. The van der Waals surface area contributed by atoms with Gasteiger partial charge in [-0.2, -0.15) is 10.5 Å². The molecule has 0 atom stereocenters. The van der Waals surface area contributed by atoms with Gasteiger partial charge in [0.15, 0.2) is 0 Å². The number of aromatic nitrogens is 4. The molecule has 2 aromatic heterocycles. The number of aromatic amines is 1. The van der Waals surface area contributed by atoms with Crippen molar-refractivity contribution in [3.05, 3.63) is 63.8 Å². The van der Waals surface area contributed by atoms with E-state index in [4.69, 9.17) is 0 Å². The summed E-state index contributed by atoms with van der Waals surface area (Å²) in [6.07, 6.45) is 0.624. The molecule has 0 aliphatic heterocycles. The summed E-state index contributed by atoms with van der Waals surface area (Å²) < 4.78 is 0. The molecule has 0 saturated carbocycles. The molecule has 2 aromatic carbocycles. The van der Waals surface area contributed by atoms with Gasteiger partial charge >= 0.3 is 5.97 Å². The Labute approximate surface area is 170 Å². The predicted molar refractivity (Wildman–Crippen MR) is 109 cm³/mol. The van der Waals surface area contributed by atoms with Crippen LogP contribution in [0.1, 0.15) is 27.0 Å². The molecule has 0 amide bonds. The number of nitriles is 1. The van der Waals surface area contributed by atoms with Gasteiger partial charge in [0.05, 0.1) is 5.56 Å². The lowest BCUT2D eigenvalue weighted by atomic mass is 9.97. The molecule has 8 heteroatoms. The Bertz CT molecular complexity index is 1200. The second kappa shape index (κ2) is 7.66. The standard InChI is InChI=1S/C21H15N5O2S/c1-2-17-16(11-22)18(19(29-17)21(27)28)14-7-3-12(4-8-14)13-5-9-15(10-6-13)20-23-25-26-24-20/h3-10H,2H2,1H3,(H,27,28)(H,23,24,25,26). The van der Waals surface area contributed by atoms with Crippen molar-refractivity contribution in [1.29, 1.82) is 5.26 Å². The molecular weight excluding hydrogens is 386 g/mol. The first-order valence-electron chi connectivity index (χ1n) is 8.86. The van der Waals surface area contributed by atoms with Crippen LogP contribution in [0.25, 0.3) is 33.6 Å². The smallest absolute Gasteiger partial charge is 0.346 e. The summed E-state index contributed by atoms with van der Waals surface area (Å²) in [6, 6.07) is 17.5. The topological polar surface area (TPSA) is 116 Å². The third kappa shape index (κ3) is 3.39. The zero-order chi connectivity index (χ0) is 20.4. The van der Waals surface area contributed by atoms with Gasteiger partial charge in [0, 0.05) is 16.0 Å². The van der Waals surface area contributed by atoms with Gasteiger partial charge in [-0.25, -0.2) is 4.79 Å². The van der Waals surface area contributed by atoms with Crippen molar-refractivity contribution in [3.8, 4) is 39.7 Å². The van der Waals surface area contributed by atoms with Crippen LogP contribution in [0.15, 0.2) is 48.5 Å². The van der Waals surface area contributed by atoms with Crippen LogP contribution < -0.4 is 0 Å². The average Bonchev–Trinajstić information content (AvgIpc) is 3.42. The first kappa shape index (κ1) is 18.5. The summed E-state index contributed by atoms with van der Waals surface area (Å²) in [5.41, 5.74) is 4.52. The van der Waals surface area contributed by atoms with E-state index in [1.807, 2.05) is 55.5 Å². The molecular formula is C21H15N5O2S. The fourth-order valence-electron chi connectivity index (χ4n) is 3.20. The maximum atomic E-state index is 11.7. The molecule has 0 unspecified atom stereocenters. The van der Waals surface area contributed by atoms with E-state index in [2.05, 4.69) is 26.7 Å². The number of aryl methyl sites for hydroxylation is 1. The molecule has 0 fully saturated rings.